The zero-order valence-electron chi connectivity index (χ0n) is 12.0. The summed E-state index contributed by atoms with van der Waals surface area (Å²) in [6.45, 7) is 9.10. The first kappa shape index (κ1) is 15.1. The van der Waals surface area contributed by atoms with E-state index in [2.05, 4.69) is 20.7 Å². The minimum Gasteiger partial charge on any atom is -0.460 e. The normalized spacial score (nSPS) is 12.2. The van der Waals surface area contributed by atoms with Crippen molar-refractivity contribution in [1.29, 1.82) is 0 Å². The molecule has 0 amide bonds. The molecular formula is C13H20N4O2. The Kier molecular flexibility index (Phi) is 4.97. The summed E-state index contributed by atoms with van der Waals surface area (Å²) in [7, 11) is 0. The van der Waals surface area contributed by atoms with E-state index in [1.54, 1.807) is 13.0 Å². The van der Waals surface area contributed by atoms with E-state index in [0.717, 1.165) is 5.69 Å². The second kappa shape index (κ2) is 6.26. The maximum atomic E-state index is 11.6. The lowest BCUT2D eigenvalue weighted by molar-refractivity contribution is -0.153. The van der Waals surface area contributed by atoms with E-state index in [1.807, 2.05) is 33.8 Å². The van der Waals surface area contributed by atoms with E-state index in [4.69, 9.17) is 4.74 Å². The second-order valence-electron chi connectivity index (χ2n) is 5.28. The van der Waals surface area contributed by atoms with Crippen molar-refractivity contribution in [3.63, 3.8) is 0 Å². The van der Waals surface area contributed by atoms with E-state index in [1.165, 1.54) is 0 Å². The van der Waals surface area contributed by atoms with Gasteiger partial charge in [-0.3, -0.25) is 10.2 Å². The Morgan fingerprint density at radius 1 is 1.37 bits per heavy atom. The number of carbonyl (C=O) groups is 1. The smallest absolute Gasteiger partial charge is 0.312 e. The van der Waals surface area contributed by atoms with Gasteiger partial charge in [-0.1, -0.05) is 0 Å². The molecule has 0 saturated heterocycles. The summed E-state index contributed by atoms with van der Waals surface area (Å²) in [5.41, 5.74) is 3.72. The number of aromatic nitrogens is 2. The molecule has 0 aliphatic heterocycles. The van der Waals surface area contributed by atoms with Crippen molar-refractivity contribution in [3.05, 3.63) is 17.8 Å². The van der Waals surface area contributed by atoms with Crippen molar-refractivity contribution in [3.8, 4) is 0 Å². The van der Waals surface area contributed by atoms with Crippen molar-refractivity contribution >= 4 is 17.5 Å². The van der Waals surface area contributed by atoms with Crippen molar-refractivity contribution in [2.75, 3.05) is 5.43 Å². The van der Waals surface area contributed by atoms with Crippen LogP contribution in [0.3, 0.4) is 0 Å². The van der Waals surface area contributed by atoms with Crippen LogP contribution in [0.5, 0.6) is 0 Å². The largest absolute Gasteiger partial charge is 0.460 e. The van der Waals surface area contributed by atoms with Gasteiger partial charge < -0.3 is 4.74 Å². The third kappa shape index (κ3) is 6.49. The Hall–Kier alpha value is -1.98. The number of ether oxygens (including phenoxy) is 1. The van der Waals surface area contributed by atoms with Gasteiger partial charge in [-0.15, -0.1) is 5.10 Å². The van der Waals surface area contributed by atoms with Gasteiger partial charge in [0.2, 0.25) is 0 Å². The Bertz CT molecular complexity index is 461. The molecule has 0 saturated carbocycles. The first-order chi connectivity index (χ1) is 8.76. The molecule has 1 heterocycles. The van der Waals surface area contributed by atoms with Crippen LogP contribution < -0.4 is 5.43 Å². The quantitative estimate of drug-likeness (QED) is 0.513. The lowest BCUT2D eigenvalue weighted by atomic mass is 10.2. The number of hydrogen-bond donors (Lipinski definition) is 1. The van der Waals surface area contributed by atoms with E-state index >= 15 is 0 Å². The molecule has 0 aromatic carbocycles. The van der Waals surface area contributed by atoms with Crippen LogP contribution in [-0.4, -0.2) is 27.5 Å². The predicted molar refractivity (Wildman–Crippen MR) is 74.0 cm³/mol. The number of rotatable bonds is 4. The second-order valence-corrected chi connectivity index (χ2v) is 5.28. The third-order valence-corrected chi connectivity index (χ3v) is 1.98. The number of aryl methyl sites for hydroxylation is 1. The average Bonchev–Trinajstić information content (AvgIpc) is 2.25. The summed E-state index contributed by atoms with van der Waals surface area (Å²) in [5, 5.41) is 11.9. The molecule has 1 N–H and O–H groups in total. The molecule has 0 spiro atoms. The van der Waals surface area contributed by atoms with Gasteiger partial charge in [-0.2, -0.15) is 10.2 Å². The van der Waals surface area contributed by atoms with Crippen molar-refractivity contribution in [2.24, 2.45) is 5.10 Å². The lowest BCUT2D eigenvalue weighted by Crippen LogP contribution is -2.25. The van der Waals surface area contributed by atoms with Crippen LogP contribution in [0, 0.1) is 6.92 Å². The fourth-order valence-electron chi connectivity index (χ4n) is 1.24. The molecule has 0 unspecified atom stereocenters. The molecule has 6 heteroatoms. The van der Waals surface area contributed by atoms with Crippen molar-refractivity contribution in [1.82, 2.24) is 10.2 Å². The highest BCUT2D eigenvalue weighted by atomic mass is 16.6. The highest BCUT2D eigenvalue weighted by molar-refractivity contribution is 5.97. The number of hydrazone groups is 1. The lowest BCUT2D eigenvalue weighted by Gasteiger charge is -2.19. The summed E-state index contributed by atoms with van der Waals surface area (Å²) in [4.78, 5) is 11.6. The molecule has 104 valence electrons. The molecule has 19 heavy (non-hydrogen) atoms. The van der Waals surface area contributed by atoms with Crippen molar-refractivity contribution in [2.45, 2.75) is 46.6 Å². The van der Waals surface area contributed by atoms with Gasteiger partial charge in [0.1, 0.15) is 5.60 Å². The Balaban J connectivity index is 2.49. The van der Waals surface area contributed by atoms with Gasteiger partial charge >= 0.3 is 5.97 Å². The Labute approximate surface area is 113 Å². The summed E-state index contributed by atoms with van der Waals surface area (Å²) in [6, 6.07) is 3.60. The number of hydrogen-bond acceptors (Lipinski definition) is 6. The topological polar surface area (TPSA) is 76.5 Å². The summed E-state index contributed by atoms with van der Waals surface area (Å²) < 4.78 is 5.20. The molecule has 0 radical (unpaired) electrons. The molecule has 1 aromatic heterocycles. The highest BCUT2D eigenvalue weighted by Crippen LogP contribution is 2.08. The average molecular weight is 264 g/mol. The molecule has 0 fully saturated rings. The standard InChI is InChI=1S/C13H20N4O2/c1-9-6-7-11(16-14-9)17-15-10(2)8-12(18)19-13(3,4)5/h6-7H,8H2,1-5H3,(H,16,17). The number of nitrogens with one attached hydrogen (secondary N) is 1. The Morgan fingerprint density at radius 2 is 2.05 bits per heavy atom. The van der Waals surface area contributed by atoms with E-state index in [0.29, 0.717) is 11.5 Å². The third-order valence-electron chi connectivity index (χ3n) is 1.98. The molecule has 0 aliphatic rings. The van der Waals surface area contributed by atoms with Gasteiger partial charge in [-0.05, 0) is 46.8 Å². The van der Waals surface area contributed by atoms with Gasteiger partial charge in [0.25, 0.3) is 0 Å². The fourth-order valence-corrected chi connectivity index (χ4v) is 1.24. The first-order valence-electron chi connectivity index (χ1n) is 6.07. The molecular weight excluding hydrogens is 244 g/mol. The molecule has 1 rings (SSSR count). The van der Waals surface area contributed by atoms with Crippen LogP contribution in [-0.2, 0) is 9.53 Å². The van der Waals surface area contributed by atoms with Crippen LogP contribution in [0.4, 0.5) is 5.82 Å². The van der Waals surface area contributed by atoms with Gasteiger partial charge in [0.15, 0.2) is 5.82 Å². The molecule has 6 nitrogen and oxygen atoms in total. The molecule has 0 aliphatic carbocycles. The summed E-state index contributed by atoms with van der Waals surface area (Å²) >= 11 is 0. The van der Waals surface area contributed by atoms with E-state index in [-0.39, 0.29) is 12.4 Å². The van der Waals surface area contributed by atoms with Gasteiger partial charge in [-0.25, -0.2) is 0 Å². The fraction of sp³-hybridized carbons (Fsp3) is 0.538. The van der Waals surface area contributed by atoms with Crippen LogP contribution in [0.25, 0.3) is 0 Å². The number of nitrogens with zero attached hydrogens (tertiary/aromatic N) is 3. The predicted octanol–water partition coefficient (Wildman–Crippen LogP) is 2.30. The minimum absolute atomic E-state index is 0.142. The summed E-state index contributed by atoms with van der Waals surface area (Å²) in [5.74, 6) is 0.236. The minimum atomic E-state index is -0.479. The molecule has 0 bridgehead atoms. The zero-order valence-corrected chi connectivity index (χ0v) is 12.0. The van der Waals surface area contributed by atoms with Crippen LogP contribution in [0.1, 0.15) is 39.8 Å². The van der Waals surface area contributed by atoms with E-state index in [9.17, 15) is 4.79 Å². The van der Waals surface area contributed by atoms with Gasteiger partial charge in [0, 0.05) is 5.71 Å². The van der Waals surface area contributed by atoms with Crippen molar-refractivity contribution < 1.29 is 9.53 Å². The maximum Gasteiger partial charge on any atom is 0.312 e. The van der Waals surface area contributed by atoms with Crippen LogP contribution >= 0.6 is 0 Å². The number of anilines is 1. The zero-order chi connectivity index (χ0) is 14.5. The Morgan fingerprint density at radius 3 is 2.58 bits per heavy atom. The van der Waals surface area contributed by atoms with Crippen LogP contribution in [0.15, 0.2) is 17.2 Å². The number of esters is 1. The highest BCUT2D eigenvalue weighted by Gasteiger charge is 2.16. The summed E-state index contributed by atoms with van der Waals surface area (Å²) in [6.07, 6.45) is 0.142. The molecule has 1 aromatic rings. The number of carbonyl (C=O) groups excluding carboxylic acids is 1. The van der Waals surface area contributed by atoms with Gasteiger partial charge in [0.05, 0.1) is 12.1 Å². The monoisotopic (exact) mass is 264 g/mol. The van der Waals surface area contributed by atoms with Crippen LogP contribution in [0.2, 0.25) is 0 Å². The first-order valence-corrected chi connectivity index (χ1v) is 6.07. The molecule has 0 atom stereocenters. The SMILES string of the molecule is CC(CC(=O)OC(C)(C)C)=NNc1ccc(C)nn1. The van der Waals surface area contributed by atoms with E-state index < -0.39 is 5.60 Å². The maximum absolute atomic E-state index is 11.6.